The molecule has 4 heteroatoms. The highest BCUT2D eigenvalue weighted by molar-refractivity contribution is 5.88. The normalized spacial score (nSPS) is 11.7. The van der Waals surface area contributed by atoms with Gasteiger partial charge < -0.3 is 10.2 Å². The fourth-order valence-electron chi connectivity index (χ4n) is 3.07. The van der Waals surface area contributed by atoms with Crippen molar-refractivity contribution in [3.63, 3.8) is 0 Å². The van der Waals surface area contributed by atoms with Crippen LogP contribution in [0.2, 0.25) is 0 Å². The third-order valence-electron chi connectivity index (χ3n) is 4.54. The summed E-state index contributed by atoms with van der Waals surface area (Å²) in [5.74, 6) is -0.163. The SMILES string of the molecule is CC[C@@H](C(=O)NC)N(Cc1ccc(C)cc1)C(=O)Cc1cccc(C)c1. The van der Waals surface area contributed by atoms with E-state index in [9.17, 15) is 9.59 Å². The molecule has 0 saturated heterocycles. The molecule has 138 valence electrons. The van der Waals surface area contributed by atoms with Crippen LogP contribution in [-0.4, -0.2) is 29.8 Å². The molecule has 26 heavy (non-hydrogen) atoms. The first kappa shape index (κ1) is 19.7. The Bertz CT molecular complexity index is 753. The second-order valence-electron chi connectivity index (χ2n) is 6.71. The van der Waals surface area contributed by atoms with E-state index in [-0.39, 0.29) is 11.8 Å². The molecule has 2 amide bonds. The summed E-state index contributed by atoms with van der Waals surface area (Å²) in [5, 5.41) is 2.69. The number of likely N-dealkylation sites (N-methyl/N-ethyl adjacent to an activating group) is 1. The van der Waals surface area contributed by atoms with Crippen molar-refractivity contribution in [3.05, 3.63) is 70.8 Å². The van der Waals surface area contributed by atoms with Crippen LogP contribution in [-0.2, 0) is 22.6 Å². The van der Waals surface area contributed by atoms with Gasteiger partial charge in [0.05, 0.1) is 6.42 Å². The zero-order chi connectivity index (χ0) is 19.1. The van der Waals surface area contributed by atoms with Crippen molar-refractivity contribution in [3.8, 4) is 0 Å². The predicted octanol–water partition coefficient (Wildman–Crippen LogP) is 3.40. The molecule has 0 saturated carbocycles. The Morgan fingerprint density at radius 3 is 2.27 bits per heavy atom. The molecule has 0 aliphatic carbocycles. The van der Waals surface area contributed by atoms with Gasteiger partial charge in [-0.05, 0) is 31.4 Å². The highest BCUT2D eigenvalue weighted by Crippen LogP contribution is 2.15. The van der Waals surface area contributed by atoms with E-state index < -0.39 is 6.04 Å². The second-order valence-corrected chi connectivity index (χ2v) is 6.71. The third kappa shape index (κ3) is 5.19. The number of hydrogen-bond donors (Lipinski definition) is 1. The Kier molecular flexibility index (Phi) is 6.96. The maximum absolute atomic E-state index is 13.1. The first-order valence-corrected chi connectivity index (χ1v) is 9.06. The minimum atomic E-state index is -0.474. The number of benzene rings is 2. The van der Waals surface area contributed by atoms with E-state index in [1.165, 1.54) is 5.56 Å². The lowest BCUT2D eigenvalue weighted by Gasteiger charge is -2.30. The monoisotopic (exact) mass is 352 g/mol. The van der Waals surface area contributed by atoms with Crippen LogP contribution in [0.3, 0.4) is 0 Å². The van der Waals surface area contributed by atoms with Gasteiger partial charge in [-0.25, -0.2) is 0 Å². The van der Waals surface area contributed by atoms with Crippen molar-refractivity contribution in [1.29, 1.82) is 0 Å². The maximum atomic E-state index is 13.1. The van der Waals surface area contributed by atoms with E-state index in [4.69, 9.17) is 0 Å². The molecule has 0 aliphatic heterocycles. The van der Waals surface area contributed by atoms with Gasteiger partial charge in [0.15, 0.2) is 0 Å². The quantitative estimate of drug-likeness (QED) is 0.830. The minimum absolute atomic E-state index is 0.0355. The molecule has 0 spiro atoms. The Balaban J connectivity index is 2.27. The number of nitrogens with one attached hydrogen (secondary N) is 1. The van der Waals surface area contributed by atoms with Gasteiger partial charge >= 0.3 is 0 Å². The summed E-state index contributed by atoms with van der Waals surface area (Å²) in [6, 6.07) is 15.5. The average molecular weight is 352 g/mol. The molecule has 0 radical (unpaired) electrons. The molecular formula is C22H28N2O2. The Morgan fingerprint density at radius 2 is 1.69 bits per heavy atom. The lowest BCUT2D eigenvalue weighted by Crippen LogP contribution is -2.48. The Hall–Kier alpha value is -2.62. The van der Waals surface area contributed by atoms with E-state index >= 15 is 0 Å². The second kappa shape index (κ2) is 9.18. The number of carbonyl (C=O) groups is 2. The van der Waals surface area contributed by atoms with Crippen LogP contribution < -0.4 is 5.32 Å². The summed E-state index contributed by atoms with van der Waals surface area (Å²) in [4.78, 5) is 27.1. The largest absolute Gasteiger partial charge is 0.357 e. The topological polar surface area (TPSA) is 49.4 Å². The lowest BCUT2D eigenvalue weighted by molar-refractivity contribution is -0.140. The van der Waals surface area contributed by atoms with E-state index in [2.05, 4.69) is 5.32 Å². The molecule has 0 heterocycles. The van der Waals surface area contributed by atoms with Crippen LogP contribution in [0.5, 0.6) is 0 Å². The fraction of sp³-hybridized carbons (Fsp3) is 0.364. The van der Waals surface area contributed by atoms with Gasteiger partial charge in [0.25, 0.3) is 0 Å². The molecule has 2 aromatic rings. The van der Waals surface area contributed by atoms with Gasteiger partial charge in [0.1, 0.15) is 6.04 Å². The highest BCUT2D eigenvalue weighted by Gasteiger charge is 2.27. The van der Waals surface area contributed by atoms with Gasteiger partial charge in [0.2, 0.25) is 11.8 Å². The van der Waals surface area contributed by atoms with E-state index in [0.717, 1.165) is 16.7 Å². The number of aryl methyl sites for hydroxylation is 2. The standard InChI is InChI=1S/C22H28N2O2/c1-5-20(22(26)23-4)24(15-18-11-9-16(2)10-12-18)21(25)14-19-8-6-7-17(3)13-19/h6-13,20H,5,14-15H2,1-4H3,(H,23,26)/t20-/m0/s1. The first-order chi connectivity index (χ1) is 12.4. The summed E-state index contributed by atoms with van der Waals surface area (Å²) in [6.07, 6.45) is 0.867. The van der Waals surface area contributed by atoms with Crippen LogP contribution in [0.25, 0.3) is 0 Å². The summed E-state index contributed by atoms with van der Waals surface area (Å²) in [6.45, 7) is 6.40. The summed E-state index contributed by atoms with van der Waals surface area (Å²) < 4.78 is 0. The smallest absolute Gasteiger partial charge is 0.242 e. The molecule has 0 aliphatic rings. The van der Waals surface area contributed by atoms with Gasteiger partial charge in [0, 0.05) is 13.6 Å². The third-order valence-corrected chi connectivity index (χ3v) is 4.54. The van der Waals surface area contributed by atoms with Crippen LogP contribution in [0.4, 0.5) is 0 Å². The fourth-order valence-corrected chi connectivity index (χ4v) is 3.07. The zero-order valence-corrected chi connectivity index (χ0v) is 16.1. The van der Waals surface area contributed by atoms with E-state index in [0.29, 0.717) is 19.4 Å². The number of nitrogens with zero attached hydrogens (tertiary/aromatic N) is 1. The minimum Gasteiger partial charge on any atom is -0.357 e. The Morgan fingerprint density at radius 1 is 1.00 bits per heavy atom. The van der Waals surface area contributed by atoms with E-state index in [1.807, 2.05) is 69.3 Å². The van der Waals surface area contributed by atoms with Crippen molar-refractivity contribution < 1.29 is 9.59 Å². The van der Waals surface area contributed by atoms with Crippen LogP contribution in [0.1, 0.15) is 35.6 Å². The van der Waals surface area contributed by atoms with E-state index in [1.54, 1.807) is 11.9 Å². The maximum Gasteiger partial charge on any atom is 0.242 e. The van der Waals surface area contributed by atoms with Crippen molar-refractivity contribution >= 4 is 11.8 Å². The van der Waals surface area contributed by atoms with Gasteiger partial charge in [-0.15, -0.1) is 0 Å². The zero-order valence-electron chi connectivity index (χ0n) is 16.1. The molecule has 0 bridgehead atoms. The number of amides is 2. The van der Waals surface area contributed by atoms with Crippen LogP contribution in [0.15, 0.2) is 48.5 Å². The van der Waals surface area contributed by atoms with Crippen LogP contribution >= 0.6 is 0 Å². The molecule has 0 fully saturated rings. The molecule has 4 nitrogen and oxygen atoms in total. The molecule has 2 aromatic carbocycles. The first-order valence-electron chi connectivity index (χ1n) is 9.06. The van der Waals surface area contributed by atoms with Crippen molar-refractivity contribution in [2.24, 2.45) is 0 Å². The number of carbonyl (C=O) groups excluding carboxylic acids is 2. The highest BCUT2D eigenvalue weighted by atomic mass is 16.2. The van der Waals surface area contributed by atoms with Gasteiger partial charge in [-0.1, -0.05) is 66.6 Å². The average Bonchev–Trinajstić information content (AvgIpc) is 2.62. The predicted molar refractivity (Wildman–Crippen MR) is 105 cm³/mol. The molecule has 1 N–H and O–H groups in total. The van der Waals surface area contributed by atoms with Crippen molar-refractivity contribution in [1.82, 2.24) is 10.2 Å². The van der Waals surface area contributed by atoms with Crippen molar-refractivity contribution in [2.45, 2.75) is 46.2 Å². The summed E-state index contributed by atoms with van der Waals surface area (Å²) in [7, 11) is 1.61. The molecule has 2 rings (SSSR count). The van der Waals surface area contributed by atoms with Gasteiger partial charge in [-0.3, -0.25) is 9.59 Å². The van der Waals surface area contributed by atoms with Gasteiger partial charge in [-0.2, -0.15) is 0 Å². The molecule has 0 unspecified atom stereocenters. The molecule has 1 atom stereocenters. The van der Waals surface area contributed by atoms with Crippen LogP contribution in [0, 0.1) is 13.8 Å². The molecule has 0 aromatic heterocycles. The lowest BCUT2D eigenvalue weighted by atomic mass is 10.0. The molecular weight excluding hydrogens is 324 g/mol. The number of rotatable bonds is 7. The number of hydrogen-bond acceptors (Lipinski definition) is 2. The Labute approximate surface area is 156 Å². The summed E-state index contributed by atoms with van der Waals surface area (Å²) in [5.41, 5.74) is 4.29. The summed E-state index contributed by atoms with van der Waals surface area (Å²) >= 11 is 0. The van der Waals surface area contributed by atoms with Crippen molar-refractivity contribution in [2.75, 3.05) is 7.05 Å².